The molecule has 1 N–H and O–H groups in total. The van der Waals surface area contributed by atoms with Crippen LogP contribution in [0.2, 0.25) is 0 Å². The fourth-order valence-electron chi connectivity index (χ4n) is 1.73. The van der Waals surface area contributed by atoms with Crippen molar-refractivity contribution >= 4 is 5.91 Å². The molecule has 1 aliphatic heterocycles. The van der Waals surface area contributed by atoms with Gasteiger partial charge in [0.25, 0.3) is 0 Å². The second-order valence-electron chi connectivity index (χ2n) is 3.95. The van der Waals surface area contributed by atoms with E-state index in [-0.39, 0.29) is 0 Å². The number of carbonyl (C=O) groups is 1. The van der Waals surface area contributed by atoms with Gasteiger partial charge in [-0.25, -0.2) is 0 Å². The lowest BCUT2D eigenvalue weighted by atomic mass is 10.1. The highest BCUT2D eigenvalue weighted by Gasteiger charge is 2.28. The van der Waals surface area contributed by atoms with Gasteiger partial charge in [0.2, 0.25) is 5.91 Å². The Labute approximate surface area is 73.1 Å². The van der Waals surface area contributed by atoms with Gasteiger partial charge in [0, 0.05) is 32.1 Å². The number of likely N-dealkylation sites (N-methyl/N-ethyl adjacent to an activating group) is 1. The molecule has 1 saturated heterocycles. The zero-order valence-corrected chi connectivity index (χ0v) is 7.55. The molecular formula is C9H16N2O. The molecule has 0 aromatic carbocycles. The van der Waals surface area contributed by atoms with Crippen LogP contribution in [0, 0.1) is 0 Å². The molecule has 0 bridgehead atoms. The van der Waals surface area contributed by atoms with Crippen molar-refractivity contribution in [1.82, 2.24) is 10.2 Å². The second-order valence-corrected chi connectivity index (χ2v) is 3.95. The Morgan fingerprint density at radius 3 is 2.67 bits per heavy atom. The van der Waals surface area contributed by atoms with Gasteiger partial charge in [0.15, 0.2) is 0 Å². The summed E-state index contributed by atoms with van der Waals surface area (Å²) in [6.45, 7) is 0.898. The first-order valence-corrected chi connectivity index (χ1v) is 4.76. The largest absolute Gasteiger partial charge is 0.344 e. The third-order valence-electron chi connectivity index (χ3n) is 2.68. The smallest absolute Gasteiger partial charge is 0.222 e. The van der Waals surface area contributed by atoms with Gasteiger partial charge in [-0.1, -0.05) is 0 Å². The van der Waals surface area contributed by atoms with Crippen molar-refractivity contribution < 1.29 is 4.79 Å². The number of nitrogens with zero attached hydrogens (tertiary/aromatic N) is 1. The Bertz CT molecular complexity index is 189. The van der Waals surface area contributed by atoms with E-state index in [9.17, 15) is 4.79 Å². The Hall–Kier alpha value is -0.570. The summed E-state index contributed by atoms with van der Waals surface area (Å²) < 4.78 is 0. The predicted molar refractivity (Wildman–Crippen MR) is 46.8 cm³/mol. The molecule has 1 heterocycles. The van der Waals surface area contributed by atoms with E-state index >= 15 is 0 Å². The van der Waals surface area contributed by atoms with Crippen LogP contribution in [0.5, 0.6) is 0 Å². The minimum atomic E-state index is 0.295. The van der Waals surface area contributed by atoms with Crippen molar-refractivity contribution in [1.29, 1.82) is 0 Å². The SMILES string of the molecule is CN1CC(NC2CC2)CCC1=O. The Morgan fingerprint density at radius 1 is 1.33 bits per heavy atom. The molecule has 2 fully saturated rings. The van der Waals surface area contributed by atoms with E-state index in [4.69, 9.17) is 0 Å². The van der Waals surface area contributed by atoms with Gasteiger partial charge in [-0.3, -0.25) is 4.79 Å². The molecule has 2 rings (SSSR count). The lowest BCUT2D eigenvalue weighted by Crippen LogP contribution is -2.47. The highest BCUT2D eigenvalue weighted by molar-refractivity contribution is 5.76. The number of likely N-dealkylation sites (tertiary alicyclic amines) is 1. The van der Waals surface area contributed by atoms with Crippen LogP contribution in [0.4, 0.5) is 0 Å². The summed E-state index contributed by atoms with van der Waals surface area (Å²) in [4.78, 5) is 13.0. The second kappa shape index (κ2) is 3.05. The third-order valence-corrected chi connectivity index (χ3v) is 2.68. The van der Waals surface area contributed by atoms with Gasteiger partial charge in [-0.2, -0.15) is 0 Å². The van der Waals surface area contributed by atoms with Crippen molar-refractivity contribution in [3.05, 3.63) is 0 Å². The minimum Gasteiger partial charge on any atom is -0.344 e. The van der Waals surface area contributed by atoms with Crippen molar-refractivity contribution in [3.63, 3.8) is 0 Å². The number of hydrogen-bond donors (Lipinski definition) is 1. The molecule has 1 aliphatic carbocycles. The van der Waals surface area contributed by atoms with Crippen LogP contribution < -0.4 is 5.32 Å². The van der Waals surface area contributed by atoms with E-state index in [1.165, 1.54) is 12.8 Å². The van der Waals surface area contributed by atoms with Crippen LogP contribution in [-0.4, -0.2) is 36.5 Å². The zero-order chi connectivity index (χ0) is 8.55. The predicted octanol–water partition coefficient (Wildman–Crippen LogP) is 0.359. The summed E-state index contributed by atoms with van der Waals surface area (Å²) >= 11 is 0. The van der Waals surface area contributed by atoms with Gasteiger partial charge in [-0.05, 0) is 19.3 Å². The molecule has 1 saturated carbocycles. The summed E-state index contributed by atoms with van der Waals surface area (Å²) in [6, 6.07) is 1.32. The first kappa shape index (κ1) is 8.05. The summed E-state index contributed by atoms with van der Waals surface area (Å²) in [5.74, 6) is 0.295. The molecule has 12 heavy (non-hydrogen) atoms. The van der Waals surface area contributed by atoms with Gasteiger partial charge in [0.1, 0.15) is 0 Å². The van der Waals surface area contributed by atoms with E-state index in [1.807, 2.05) is 11.9 Å². The summed E-state index contributed by atoms with van der Waals surface area (Å²) in [5, 5.41) is 3.55. The van der Waals surface area contributed by atoms with Gasteiger partial charge < -0.3 is 10.2 Å². The molecule has 1 amide bonds. The van der Waals surface area contributed by atoms with Crippen LogP contribution in [0.25, 0.3) is 0 Å². The fourth-order valence-corrected chi connectivity index (χ4v) is 1.73. The normalized spacial score (nSPS) is 30.9. The Kier molecular flexibility index (Phi) is 2.05. The molecule has 0 aromatic rings. The van der Waals surface area contributed by atoms with E-state index in [1.54, 1.807) is 0 Å². The zero-order valence-electron chi connectivity index (χ0n) is 7.55. The van der Waals surface area contributed by atoms with Crippen molar-refractivity contribution in [2.75, 3.05) is 13.6 Å². The molecule has 3 heteroatoms. The Morgan fingerprint density at radius 2 is 2.08 bits per heavy atom. The first-order valence-electron chi connectivity index (χ1n) is 4.76. The number of carbonyl (C=O) groups excluding carboxylic acids is 1. The van der Waals surface area contributed by atoms with Crippen LogP contribution in [-0.2, 0) is 4.79 Å². The van der Waals surface area contributed by atoms with Crippen LogP contribution >= 0.6 is 0 Å². The fraction of sp³-hybridized carbons (Fsp3) is 0.889. The van der Waals surface area contributed by atoms with Crippen LogP contribution in [0.3, 0.4) is 0 Å². The molecule has 2 aliphatic rings. The average Bonchev–Trinajstić information content (AvgIpc) is 2.81. The summed E-state index contributed by atoms with van der Waals surface area (Å²) in [5.41, 5.74) is 0. The van der Waals surface area contributed by atoms with E-state index in [0.717, 1.165) is 25.4 Å². The summed E-state index contributed by atoms with van der Waals surface area (Å²) in [7, 11) is 1.89. The molecule has 0 aromatic heterocycles. The maximum Gasteiger partial charge on any atom is 0.222 e. The van der Waals surface area contributed by atoms with Gasteiger partial charge in [0.05, 0.1) is 0 Å². The lowest BCUT2D eigenvalue weighted by molar-refractivity contribution is -0.132. The van der Waals surface area contributed by atoms with E-state index in [0.29, 0.717) is 11.9 Å². The van der Waals surface area contributed by atoms with Crippen molar-refractivity contribution in [3.8, 4) is 0 Å². The van der Waals surface area contributed by atoms with Gasteiger partial charge in [-0.15, -0.1) is 0 Å². The molecule has 3 nitrogen and oxygen atoms in total. The van der Waals surface area contributed by atoms with Crippen LogP contribution in [0.15, 0.2) is 0 Å². The molecule has 0 radical (unpaired) electrons. The van der Waals surface area contributed by atoms with Crippen molar-refractivity contribution in [2.24, 2.45) is 0 Å². The number of piperidine rings is 1. The van der Waals surface area contributed by atoms with Gasteiger partial charge >= 0.3 is 0 Å². The molecule has 1 atom stereocenters. The maximum atomic E-state index is 11.1. The molecule has 0 spiro atoms. The number of hydrogen-bond acceptors (Lipinski definition) is 2. The molecule has 68 valence electrons. The average molecular weight is 168 g/mol. The third kappa shape index (κ3) is 1.78. The highest BCUT2D eigenvalue weighted by atomic mass is 16.2. The van der Waals surface area contributed by atoms with E-state index < -0.39 is 0 Å². The maximum absolute atomic E-state index is 11.1. The van der Waals surface area contributed by atoms with Crippen LogP contribution in [0.1, 0.15) is 25.7 Å². The molecular weight excluding hydrogens is 152 g/mol. The summed E-state index contributed by atoms with van der Waals surface area (Å²) in [6.07, 6.45) is 4.41. The highest BCUT2D eigenvalue weighted by Crippen LogP contribution is 2.21. The monoisotopic (exact) mass is 168 g/mol. The quantitative estimate of drug-likeness (QED) is 0.645. The standard InChI is InChI=1S/C9H16N2O/c1-11-6-8(4-5-9(11)12)10-7-2-3-7/h7-8,10H,2-6H2,1H3. The number of nitrogens with one attached hydrogen (secondary N) is 1. The van der Waals surface area contributed by atoms with E-state index in [2.05, 4.69) is 5.32 Å². The first-order chi connectivity index (χ1) is 5.75. The minimum absolute atomic E-state index is 0.295. The number of rotatable bonds is 2. The molecule has 1 unspecified atom stereocenters. The topological polar surface area (TPSA) is 32.3 Å². The number of amides is 1. The Balaban J connectivity index is 1.80. The van der Waals surface area contributed by atoms with Crippen molar-refractivity contribution in [2.45, 2.75) is 37.8 Å². The lowest BCUT2D eigenvalue weighted by Gasteiger charge is -2.30.